The van der Waals surface area contributed by atoms with Crippen LogP contribution in [0.1, 0.15) is 30.9 Å². The summed E-state index contributed by atoms with van der Waals surface area (Å²) in [6, 6.07) is 3.86. The minimum Gasteiger partial charge on any atom is -0.351 e. The third-order valence-electron chi connectivity index (χ3n) is 5.74. The van der Waals surface area contributed by atoms with Crippen molar-refractivity contribution in [1.29, 1.82) is 0 Å². The van der Waals surface area contributed by atoms with E-state index in [1.807, 2.05) is 0 Å². The number of hydrogen-bond acceptors (Lipinski definition) is 4. The molecule has 3 heterocycles. The van der Waals surface area contributed by atoms with Crippen molar-refractivity contribution >= 4 is 11.9 Å². The number of hydrogen-bond donors (Lipinski definition) is 1. The summed E-state index contributed by atoms with van der Waals surface area (Å²) < 4.78 is 54.5. The number of aromatic nitrogens is 3. The Bertz CT molecular complexity index is 875. The lowest BCUT2D eigenvalue weighted by Crippen LogP contribution is -2.47. The Hall–Kier alpha value is -2.65. The molecule has 0 unspecified atom stereocenters. The Balaban J connectivity index is 1.37. The molecule has 1 aromatic carbocycles. The summed E-state index contributed by atoms with van der Waals surface area (Å²) in [5, 5.41) is 6.79. The first-order valence-electron chi connectivity index (χ1n) is 9.56. The molecular formula is C19H21F4N5O. The molecular weight excluding hydrogens is 390 g/mol. The number of fused-ring (bicyclic) bond motifs is 1. The zero-order valence-corrected chi connectivity index (χ0v) is 15.6. The monoisotopic (exact) mass is 411 g/mol. The van der Waals surface area contributed by atoms with Gasteiger partial charge in [-0.2, -0.15) is 23.3 Å². The van der Waals surface area contributed by atoms with E-state index in [2.05, 4.69) is 15.4 Å². The Morgan fingerprint density at radius 3 is 2.69 bits per heavy atom. The molecule has 0 saturated carbocycles. The summed E-state index contributed by atoms with van der Waals surface area (Å²) in [6.45, 7) is 0.945. The van der Waals surface area contributed by atoms with Crippen molar-refractivity contribution in [3.05, 3.63) is 42.0 Å². The topological polar surface area (TPSA) is 63.1 Å². The molecule has 0 radical (unpaired) electrons. The highest BCUT2D eigenvalue weighted by Crippen LogP contribution is 2.41. The van der Waals surface area contributed by atoms with E-state index in [1.165, 1.54) is 12.1 Å². The van der Waals surface area contributed by atoms with Crippen LogP contribution in [0.4, 0.5) is 23.5 Å². The molecule has 29 heavy (non-hydrogen) atoms. The van der Waals surface area contributed by atoms with E-state index in [0.29, 0.717) is 31.5 Å². The summed E-state index contributed by atoms with van der Waals surface area (Å²) in [5.41, 5.74) is 0.610. The summed E-state index contributed by atoms with van der Waals surface area (Å²) in [6.07, 6.45) is -2.07. The van der Waals surface area contributed by atoms with Crippen molar-refractivity contribution in [2.75, 3.05) is 18.4 Å². The number of benzene rings is 1. The highest BCUT2D eigenvalue weighted by atomic mass is 19.4. The highest BCUT2D eigenvalue weighted by Gasteiger charge is 2.48. The molecule has 4 rings (SSSR count). The second kappa shape index (κ2) is 7.64. The number of rotatable bonds is 3. The Morgan fingerprint density at radius 1 is 1.24 bits per heavy atom. The Labute approximate surface area is 164 Å². The first kappa shape index (κ1) is 19.7. The van der Waals surface area contributed by atoms with E-state index in [0.717, 1.165) is 11.0 Å². The lowest BCUT2D eigenvalue weighted by molar-refractivity contribution is -0.174. The third kappa shape index (κ3) is 4.20. The van der Waals surface area contributed by atoms with Crippen LogP contribution in [0, 0.1) is 11.7 Å². The zero-order chi connectivity index (χ0) is 20.6. The normalized spacial score (nSPS) is 22.8. The predicted molar refractivity (Wildman–Crippen MR) is 96.5 cm³/mol. The van der Waals surface area contributed by atoms with Gasteiger partial charge in [0.25, 0.3) is 0 Å². The largest absolute Gasteiger partial charge is 0.411 e. The summed E-state index contributed by atoms with van der Waals surface area (Å²) in [5.74, 6) is -0.347. The second-order valence-electron chi connectivity index (χ2n) is 7.60. The Kier molecular flexibility index (Phi) is 5.18. The van der Waals surface area contributed by atoms with Crippen molar-refractivity contribution in [3.63, 3.8) is 0 Å². The van der Waals surface area contributed by atoms with Gasteiger partial charge in [0.05, 0.1) is 6.42 Å². The minimum absolute atomic E-state index is 0.00326. The number of piperidine rings is 1. The second-order valence-corrected chi connectivity index (χ2v) is 7.60. The fourth-order valence-corrected chi connectivity index (χ4v) is 4.21. The highest BCUT2D eigenvalue weighted by molar-refractivity contribution is 5.78. The molecule has 2 aromatic rings. The average Bonchev–Trinajstić information content (AvgIpc) is 3.15. The summed E-state index contributed by atoms with van der Waals surface area (Å²) >= 11 is 0. The summed E-state index contributed by atoms with van der Waals surface area (Å²) in [4.78, 5) is 18.1. The molecule has 0 spiro atoms. The molecule has 1 saturated heterocycles. The van der Waals surface area contributed by atoms with Gasteiger partial charge in [0, 0.05) is 19.1 Å². The van der Waals surface area contributed by atoms with Crippen molar-refractivity contribution in [1.82, 2.24) is 19.7 Å². The van der Waals surface area contributed by atoms with Crippen LogP contribution in [0.25, 0.3) is 0 Å². The molecule has 2 aliphatic rings. The van der Waals surface area contributed by atoms with E-state index in [9.17, 15) is 22.4 Å². The van der Waals surface area contributed by atoms with Gasteiger partial charge in [-0.1, -0.05) is 12.1 Å². The van der Waals surface area contributed by atoms with Crippen LogP contribution in [-0.4, -0.2) is 50.9 Å². The first-order valence-corrected chi connectivity index (χ1v) is 9.56. The molecule has 1 N–H and O–H groups in total. The van der Waals surface area contributed by atoms with Crippen molar-refractivity contribution in [2.45, 2.75) is 43.9 Å². The number of anilines is 1. The number of amides is 1. The Morgan fingerprint density at radius 2 is 2.00 bits per heavy atom. The maximum atomic E-state index is 13.4. The number of nitrogens with one attached hydrogen (secondary N) is 1. The fourth-order valence-electron chi connectivity index (χ4n) is 4.21. The average molecular weight is 411 g/mol. The van der Waals surface area contributed by atoms with E-state index in [-0.39, 0.29) is 42.5 Å². The third-order valence-corrected chi connectivity index (χ3v) is 5.74. The zero-order valence-electron chi connectivity index (χ0n) is 15.6. The molecule has 0 aliphatic carbocycles. The smallest absolute Gasteiger partial charge is 0.351 e. The van der Waals surface area contributed by atoms with Gasteiger partial charge in [0.1, 0.15) is 12.1 Å². The van der Waals surface area contributed by atoms with E-state index >= 15 is 0 Å². The number of alkyl halides is 3. The van der Waals surface area contributed by atoms with Crippen LogP contribution >= 0.6 is 0 Å². The van der Waals surface area contributed by atoms with E-state index < -0.39 is 12.2 Å². The van der Waals surface area contributed by atoms with Crippen molar-refractivity contribution < 1.29 is 22.4 Å². The molecule has 156 valence electrons. The van der Waals surface area contributed by atoms with Gasteiger partial charge in [-0.05, 0) is 42.9 Å². The maximum absolute atomic E-state index is 13.4. The van der Waals surface area contributed by atoms with Gasteiger partial charge in [0.2, 0.25) is 11.9 Å². The van der Waals surface area contributed by atoms with Gasteiger partial charge in [-0.3, -0.25) is 4.79 Å². The fraction of sp³-hybridized carbons (Fsp3) is 0.526. The summed E-state index contributed by atoms with van der Waals surface area (Å²) in [7, 11) is 0. The first-order chi connectivity index (χ1) is 13.8. The van der Waals surface area contributed by atoms with E-state index in [4.69, 9.17) is 0 Å². The van der Waals surface area contributed by atoms with Crippen LogP contribution in [0.2, 0.25) is 0 Å². The maximum Gasteiger partial charge on any atom is 0.411 e. The lowest BCUT2D eigenvalue weighted by Gasteiger charge is -2.40. The van der Waals surface area contributed by atoms with E-state index in [1.54, 1.807) is 17.0 Å². The number of halogens is 4. The van der Waals surface area contributed by atoms with Crippen LogP contribution in [0.5, 0.6) is 0 Å². The minimum atomic E-state index is -4.40. The van der Waals surface area contributed by atoms with Gasteiger partial charge in [0.15, 0.2) is 6.04 Å². The number of carbonyl (C=O) groups excluding carboxylic acids is 1. The molecule has 6 nitrogen and oxygen atoms in total. The van der Waals surface area contributed by atoms with Gasteiger partial charge >= 0.3 is 6.18 Å². The van der Waals surface area contributed by atoms with Gasteiger partial charge < -0.3 is 10.2 Å². The number of carbonyl (C=O) groups is 1. The standard InChI is InChI=1S/C19H21F4N5O/c20-14-3-1-2-12(8-14)9-17(29)27-6-4-13(5-7-27)15-10-16(19(21,22)23)28-18(26-15)24-11-25-28/h1-3,8,11,13,15-16H,4-7,9-10H2,(H,24,25,26)/t15-,16+/m0/s1. The van der Waals surface area contributed by atoms with Gasteiger partial charge in [-0.15, -0.1) is 0 Å². The van der Waals surface area contributed by atoms with Crippen LogP contribution < -0.4 is 5.32 Å². The van der Waals surface area contributed by atoms with Crippen LogP contribution in [0.15, 0.2) is 30.6 Å². The molecule has 1 fully saturated rings. The van der Waals surface area contributed by atoms with Crippen molar-refractivity contribution in [2.24, 2.45) is 5.92 Å². The molecule has 1 aromatic heterocycles. The van der Waals surface area contributed by atoms with Gasteiger partial charge in [-0.25, -0.2) is 9.07 Å². The molecule has 2 atom stereocenters. The number of likely N-dealkylation sites (tertiary alicyclic amines) is 1. The predicted octanol–water partition coefficient (Wildman–Crippen LogP) is 3.19. The molecule has 10 heteroatoms. The number of nitrogens with zero attached hydrogens (tertiary/aromatic N) is 4. The quantitative estimate of drug-likeness (QED) is 0.788. The van der Waals surface area contributed by atoms with Crippen molar-refractivity contribution in [3.8, 4) is 0 Å². The van der Waals surface area contributed by atoms with Crippen LogP contribution in [0.3, 0.4) is 0 Å². The van der Waals surface area contributed by atoms with Crippen LogP contribution in [-0.2, 0) is 11.2 Å². The molecule has 2 aliphatic heterocycles. The SMILES string of the molecule is O=C(Cc1cccc(F)c1)N1CCC([C@@H]2C[C@H](C(F)(F)F)n3ncnc3N2)CC1. The molecule has 1 amide bonds. The lowest BCUT2D eigenvalue weighted by atomic mass is 9.85. The molecule has 0 bridgehead atoms.